The van der Waals surface area contributed by atoms with E-state index in [9.17, 15) is 10.2 Å². The first-order valence-electron chi connectivity index (χ1n) is 5.92. The average Bonchev–Trinajstić information content (AvgIpc) is 2.26. The van der Waals surface area contributed by atoms with E-state index in [0.717, 1.165) is 5.56 Å². The molecule has 0 aromatic heterocycles. The van der Waals surface area contributed by atoms with Crippen LogP contribution in [0.2, 0.25) is 0 Å². The molecule has 2 atom stereocenters. The lowest BCUT2D eigenvalue weighted by molar-refractivity contribution is -0.147. The van der Waals surface area contributed by atoms with Gasteiger partial charge in [0, 0.05) is 11.8 Å². The molecule has 0 saturated heterocycles. The Labute approximate surface area is 96.9 Å². The van der Waals surface area contributed by atoms with Crippen molar-refractivity contribution in [3.63, 3.8) is 0 Å². The van der Waals surface area contributed by atoms with Gasteiger partial charge in [0.15, 0.2) is 0 Å². The van der Waals surface area contributed by atoms with Gasteiger partial charge in [-0.3, -0.25) is 0 Å². The number of aliphatic hydroxyl groups excluding tert-OH is 1. The molecule has 0 unspecified atom stereocenters. The number of fused-ring (bicyclic) bond motifs is 1. The van der Waals surface area contributed by atoms with E-state index in [0.29, 0.717) is 12.8 Å². The molecule has 1 aliphatic carbocycles. The van der Waals surface area contributed by atoms with Crippen LogP contribution in [0.4, 0.5) is 0 Å². The maximum absolute atomic E-state index is 10.7. The third-order valence-electron chi connectivity index (χ3n) is 4.19. The number of aliphatic hydroxyl groups is 2. The number of hydrogen-bond acceptors (Lipinski definition) is 2. The van der Waals surface area contributed by atoms with Crippen LogP contribution in [0, 0.1) is 5.41 Å². The third-order valence-corrected chi connectivity index (χ3v) is 4.19. The number of hydrogen-bond donors (Lipinski definition) is 2. The SMILES string of the molecule is CC[C@@H](O)C(C)(C)[C@]1(O)Cc2ccccc21. The van der Waals surface area contributed by atoms with Crippen LogP contribution in [0.15, 0.2) is 24.3 Å². The van der Waals surface area contributed by atoms with Crippen LogP contribution in [0.1, 0.15) is 38.3 Å². The molecular formula is C14H20O2. The van der Waals surface area contributed by atoms with Gasteiger partial charge in [-0.05, 0) is 17.5 Å². The second-order valence-electron chi connectivity index (χ2n) is 5.34. The molecule has 0 heterocycles. The van der Waals surface area contributed by atoms with Crippen molar-refractivity contribution in [3.8, 4) is 0 Å². The molecule has 16 heavy (non-hydrogen) atoms. The second kappa shape index (κ2) is 3.57. The van der Waals surface area contributed by atoms with E-state index < -0.39 is 17.1 Å². The first-order valence-corrected chi connectivity index (χ1v) is 5.92. The molecule has 2 rings (SSSR count). The van der Waals surface area contributed by atoms with Crippen LogP contribution < -0.4 is 0 Å². The van der Waals surface area contributed by atoms with E-state index in [1.807, 2.05) is 45.0 Å². The van der Waals surface area contributed by atoms with Crippen LogP contribution in [0.5, 0.6) is 0 Å². The van der Waals surface area contributed by atoms with Gasteiger partial charge in [0.1, 0.15) is 5.60 Å². The fourth-order valence-corrected chi connectivity index (χ4v) is 2.70. The zero-order chi connectivity index (χ0) is 12.0. The molecule has 2 heteroatoms. The van der Waals surface area contributed by atoms with E-state index in [4.69, 9.17) is 0 Å². The molecule has 1 aliphatic rings. The molecule has 0 aliphatic heterocycles. The van der Waals surface area contributed by atoms with Crippen LogP contribution in [0.25, 0.3) is 0 Å². The lowest BCUT2D eigenvalue weighted by Gasteiger charge is -2.52. The van der Waals surface area contributed by atoms with Crippen molar-refractivity contribution < 1.29 is 10.2 Å². The van der Waals surface area contributed by atoms with Crippen LogP contribution >= 0.6 is 0 Å². The molecule has 2 nitrogen and oxygen atoms in total. The molecule has 0 fully saturated rings. The fraction of sp³-hybridized carbons (Fsp3) is 0.571. The van der Waals surface area contributed by atoms with Gasteiger partial charge in [-0.2, -0.15) is 0 Å². The summed E-state index contributed by atoms with van der Waals surface area (Å²) in [7, 11) is 0. The summed E-state index contributed by atoms with van der Waals surface area (Å²) < 4.78 is 0. The summed E-state index contributed by atoms with van der Waals surface area (Å²) in [5, 5.41) is 20.8. The zero-order valence-electron chi connectivity index (χ0n) is 10.2. The Bertz CT molecular complexity index is 397. The van der Waals surface area contributed by atoms with E-state index in [1.165, 1.54) is 5.56 Å². The van der Waals surface area contributed by atoms with Crippen molar-refractivity contribution in [2.45, 2.75) is 45.3 Å². The van der Waals surface area contributed by atoms with Crippen LogP contribution in [-0.4, -0.2) is 16.3 Å². The normalized spacial score (nSPS) is 25.8. The van der Waals surface area contributed by atoms with Crippen molar-refractivity contribution >= 4 is 0 Å². The second-order valence-corrected chi connectivity index (χ2v) is 5.34. The molecule has 1 aromatic carbocycles. The lowest BCUT2D eigenvalue weighted by atomic mass is 9.57. The molecule has 0 spiro atoms. The molecule has 0 saturated carbocycles. The van der Waals surface area contributed by atoms with Crippen molar-refractivity contribution in [2.75, 3.05) is 0 Å². The highest BCUT2D eigenvalue weighted by atomic mass is 16.3. The summed E-state index contributed by atoms with van der Waals surface area (Å²) in [5.74, 6) is 0. The summed E-state index contributed by atoms with van der Waals surface area (Å²) in [4.78, 5) is 0. The predicted octanol–water partition coefficient (Wildman–Crippen LogP) is 2.23. The Balaban J connectivity index is 2.37. The van der Waals surface area contributed by atoms with Gasteiger partial charge in [0.05, 0.1) is 6.10 Å². The van der Waals surface area contributed by atoms with Crippen LogP contribution in [-0.2, 0) is 12.0 Å². The molecule has 0 radical (unpaired) electrons. The van der Waals surface area contributed by atoms with Gasteiger partial charge < -0.3 is 10.2 Å². The molecule has 0 bridgehead atoms. The van der Waals surface area contributed by atoms with Gasteiger partial charge in [-0.25, -0.2) is 0 Å². The summed E-state index contributed by atoms with van der Waals surface area (Å²) >= 11 is 0. The van der Waals surface area contributed by atoms with Crippen molar-refractivity contribution in [1.29, 1.82) is 0 Å². The summed E-state index contributed by atoms with van der Waals surface area (Å²) in [6.45, 7) is 5.83. The minimum Gasteiger partial charge on any atom is -0.392 e. The van der Waals surface area contributed by atoms with E-state index in [1.54, 1.807) is 0 Å². The van der Waals surface area contributed by atoms with Gasteiger partial charge in [-0.15, -0.1) is 0 Å². The minimum atomic E-state index is -0.876. The van der Waals surface area contributed by atoms with E-state index in [-0.39, 0.29) is 0 Å². The third kappa shape index (κ3) is 1.33. The van der Waals surface area contributed by atoms with Gasteiger partial charge >= 0.3 is 0 Å². The highest BCUT2D eigenvalue weighted by molar-refractivity contribution is 5.44. The zero-order valence-corrected chi connectivity index (χ0v) is 10.2. The van der Waals surface area contributed by atoms with Gasteiger partial charge in [-0.1, -0.05) is 45.0 Å². The first kappa shape index (κ1) is 11.6. The van der Waals surface area contributed by atoms with Gasteiger partial charge in [0.2, 0.25) is 0 Å². The van der Waals surface area contributed by atoms with E-state index in [2.05, 4.69) is 0 Å². The highest BCUT2D eigenvalue weighted by Gasteiger charge is 2.54. The first-order chi connectivity index (χ1) is 7.43. The predicted molar refractivity (Wildman–Crippen MR) is 64.1 cm³/mol. The smallest absolute Gasteiger partial charge is 0.101 e. The molecule has 2 N–H and O–H groups in total. The number of benzene rings is 1. The summed E-state index contributed by atoms with van der Waals surface area (Å²) in [6, 6.07) is 7.93. The Morgan fingerprint density at radius 3 is 2.56 bits per heavy atom. The Hall–Kier alpha value is -0.860. The van der Waals surface area contributed by atoms with Crippen molar-refractivity contribution in [1.82, 2.24) is 0 Å². The minimum absolute atomic E-state index is 0.481. The summed E-state index contributed by atoms with van der Waals surface area (Å²) in [6.07, 6.45) is 0.830. The molecule has 88 valence electrons. The Morgan fingerprint density at radius 1 is 1.38 bits per heavy atom. The Kier molecular flexibility index (Phi) is 2.59. The molecule has 0 amide bonds. The maximum Gasteiger partial charge on any atom is 0.101 e. The molecule has 1 aromatic rings. The largest absolute Gasteiger partial charge is 0.392 e. The highest BCUT2D eigenvalue weighted by Crippen LogP contribution is 2.52. The van der Waals surface area contributed by atoms with Crippen molar-refractivity contribution in [2.24, 2.45) is 5.41 Å². The monoisotopic (exact) mass is 220 g/mol. The lowest BCUT2D eigenvalue weighted by Crippen LogP contribution is -2.55. The average molecular weight is 220 g/mol. The maximum atomic E-state index is 10.7. The molecular weight excluding hydrogens is 200 g/mol. The van der Waals surface area contributed by atoms with Crippen LogP contribution in [0.3, 0.4) is 0 Å². The summed E-state index contributed by atoms with van der Waals surface area (Å²) in [5.41, 5.74) is 0.795. The Morgan fingerprint density at radius 2 is 2.00 bits per heavy atom. The topological polar surface area (TPSA) is 40.5 Å². The van der Waals surface area contributed by atoms with E-state index >= 15 is 0 Å². The number of rotatable bonds is 3. The quantitative estimate of drug-likeness (QED) is 0.820. The van der Waals surface area contributed by atoms with Gasteiger partial charge in [0.25, 0.3) is 0 Å². The van der Waals surface area contributed by atoms with Crippen molar-refractivity contribution in [3.05, 3.63) is 35.4 Å². The fourth-order valence-electron chi connectivity index (χ4n) is 2.70. The standard InChI is InChI=1S/C14H20O2/c1-4-12(15)13(2,3)14(16)9-10-7-5-6-8-11(10)14/h5-8,12,15-16H,4,9H2,1-3H3/t12-,14+/m1/s1.